The van der Waals surface area contributed by atoms with Crippen LogP contribution in [0.3, 0.4) is 0 Å². The van der Waals surface area contributed by atoms with Gasteiger partial charge in [0.05, 0.1) is 11.2 Å². The molecule has 112 valence electrons. The van der Waals surface area contributed by atoms with Gasteiger partial charge < -0.3 is 4.74 Å². The molecular weight excluding hydrogens is 264 g/mol. The van der Waals surface area contributed by atoms with Gasteiger partial charge in [-0.05, 0) is 52.7 Å². The molecule has 1 saturated carbocycles. The van der Waals surface area contributed by atoms with Crippen molar-refractivity contribution in [1.29, 1.82) is 0 Å². The number of rotatable bonds is 1. The first kappa shape index (κ1) is 13.0. The van der Waals surface area contributed by atoms with Crippen LogP contribution in [-0.4, -0.2) is 27.8 Å². The third-order valence-corrected chi connectivity index (χ3v) is 6.18. The molecule has 1 aromatic rings. The van der Waals surface area contributed by atoms with E-state index in [4.69, 9.17) is 4.74 Å². The van der Waals surface area contributed by atoms with E-state index in [1.807, 2.05) is 23.2 Å². The first-order valence-corrected chi connectivity index (χ1v) is 7.71. The average molecular weight is 286 g/mol. The highest BCUT2D eigenvalue weighted by molar-refractivity contribution is 5.78. The Morgan fingerprint density at radius 1 is 1.10 bits per heavy atom. The number of hydrogen-bond donors (Lipinski definition) is 0. The summed E-state index contributed by atoms with van der Waals surface area (Å²) in [6, 6.07) is 10.2. The zero-order valence-electron chi connectivity index (χ0n) is 13.1. The van der Waals surface area contributed by atoms with E-state index in [1.54, 1.807) is 0 Å². The zero-order valence-corrected chi connectivity index (χ0v) is 13.1. The summed E-state index contributed by atoms with van der Waals surface area (Å²) in [6.45, 7) is 8.77. The summed E-state index contributed by atoms with van der Waals surface area (Å²) >= 11 is 0. The first-order valence-electron chi connectivity index (χ1n) is 7.71. The summed E-state index contributed by atoms with van der Waals surface area (Å²) < 4.78 is 5.80. The topological polar surface area (TPSA) is 32.8 Å². The lowest BCUT2D eigenvalue weighted by Crippen LogP contribution is -2.54. The standard InChI is InChI=1S/C17H22N2O2/c1-15(2)13-10-11-16(3)17(13,4)19(14(20)21-16)18(15)12-8-6-5-7-9-12/h5-9,13H,10-11H2,1-4H3/t13-,16+,17+/m1/s1. The summed E-state index contributed by atoms with van der Waals surface area (Å²) in [5, 5.41) is 4.05. The van der Waals surface area contributed by atoms with Gasteiger partial charge in [-0.25, -0.2) is 9.80 Å². The predicted octanol–water partition coefficient (Wildman–Crippen LogP) is 3.58. The van der Waals surface area contributed by atoms with E-state index in [-0.39, 0.29) is 22.8 Å². The fourth-order valence-corrected chi connectivity index (χ4v) is 5.03. The highest BCUT2D eigenvalue weighted by atomic mass is 16.6. The first-order chi connectivity index (χ1) is 9.82. The SMILES string of the molecule is CC1(C)[C@H]2CC[C@]3(C)OC(=O)N(N1c1ccccc1)[C@@]23C. The van der Waals surface area contributed by atoms with Gasteiger partial charge in [-0.1, -0.05) is 18.2 Å². The second kappa shape index (κ2) is 3.54. The van der Waals surface area contributed by atoms with Crippen molar-refractivity contribution in [1.82, 2.24) is 5.01 Å². The van der Waals surface area contributed by atoms with Crippen LogP contribution in [0, 0.1) is 5.92 Å². The number of nitrogens with zero attached hydrogens (tertiary/aromatic N) is 2. The second-order valence-electron chi connectivity index (χ2n) is 7.45. The van der Waals surface area contributed by atoms with Gasteiger partial charge in [0.1, 0.15) is 11.1 Å². The molecule has 3 atom stereocenters. The Balaban J connectivity index is 1.92. The highest BCUT2D eigenvalue weighted by Crippen LogP contribution is 2.63. The van der Waals surface area contributed by atoms with Crippen LogP contribution in [0.15, 0.2) is 30.3 Å². The van der Waals surface area contributed by atoms with E-state index in [9.17, 15) is 4.79 Å². The molecule has 2 heterocycles. The van der Waals surface area contributed by atoms with E-state index in [0.29, 0.717) is 5.92 Å². The predicted molar refractivity (Wildman–Crippen MR) is 80.9 cm³/mol. The molecule has 0 radical (unpaired) electrons. The van der Waals surface area contributed by atoms with Crippen molar-refractivity contribution >= 4 is 11.8 Å². The molecule has 3 fully saturated rings. The van der Waals surface area contributed by atoms with Gasteiger partial charge in [0.15, 0.2) is 0 Å². The maximum atomic E-state index is 12.6. The molecule has 4 heteroatoms. The summed E-state index contributed by atoms with van der Waals surface area (Å²) in [4.78, 5) is 12.6. The molecule has 1 aromatic carbocycles. The third kappa shape index (κ3) is 1.25. The Labute approximate surface area is 125 Å². The van der Waals surface area contributed by atoms with Crippen LogP contribution < -0.4 is 5.01 Å². The molecule has 2 aliphatic heterocycles. The van der Waals surface area contributed by atoms with Crippen LogP contribution in [-0.2, 0) is 4.74 Å². The van der Waals surface area contributed by atoms with Crippen molar-refractivity contribution < 1.29 is 9.53 Å². The Bertz CT molecular complexity index is 614. The maximum absolute atomic E-state index is 12.6. The number of benzene rings is 1. The smallest absolute Gasteiger partial charge is 0.430 e. The fraction of sp³-hybridized carbons (Fsp3) is 0.588. The molecule has 0 aromatic heterocycles. The van der Waals surface area contributed by atoms with Crippen molar-refractivity contribution in [3.63, 3.8) is 0 Å². The lowest BCUT2D eigenvalue weighted by atomic mass is 9.74. The lowest BCUT2D eigenvalue weighted by molar-refractivity contribution is 0.0271. The van der Waals surface area contributed by atoms with E-state index in [1.165, 1.54) is 0 Å². The van der Waals surface area contributed by atoms with Crippen LogP contribution in [0.2, 0.25) is 0 Å². The average Bonchev–Trinajstić information content (AvgIpc) is 2.87. The minimum absolute atomic E-state index is 0.104. The van der Waals surface area contributed by atoms with Gasteiger partial charge >= 0.3 is 6.09 Å². The Hall–Kier alpha value is -1.71. The second-order valence-corrected chi connectivity index (χ2v) is 7.45. The number of para-hydroxylation sites is 1. The zero-order chi connectivity index (χ0) is 15.0. The third-order valence-electron chi connectivity index (χ3n) is 6.18. The number of hydrazine groups is 1. The van der Waals surface area contributed by atoms with Crippen LogP contribution in [0.5, 0.6) is 0 Å². The van der Waals surface area contributed by atoms with Crippen LogP contribution in [0.4, 0.5) is 10.5 Å². The molecule has 2 saturated heterocycles. The highest BCUT2D eigenvalue weighted by Gasteiger charge is 2.76. The number of ether oxygens (including phenoxy) is 1. The quantitative estimate of drug-likeness (QED) is 0.791. The normalized spacial score (nSPS) is 39.6. The van der Waals surface area contributed by atoms with E-state index < -0.39 is 0 Å². The van der Waals surface area contributed by atoms with Gasteiger partial charge in [0.2, 0.25) is 0 Å². The molecule has 0 unspecified atom stereocenters. The van der Waals surface area contributed by atoms with Crippen LogP contribution >= 0.6 is 0 Å². The minimum Gasteiger partial charge on any atom is -0.439 e. The van der Waals surface area contributed by atoms with Crippen molar-refractivity contribution in [3.8, 4) is 0 Å². The van der Waals surface area contributed by atoms with Crippen molar-refractivity contribution in [2.24, 2.45) is 5.92 Å². The van der Waals surface area contributed by atoms with E-state index >= 15 is 0 Å². The maximum Gasteiger partial charge on any atom is 0.430 e. The molecule has 0 N–H and O–H groups in total. The largest absolute Gasteiger partial charge is 0.439 e. The molecule has 3 aliphatic rings. The number of amides is 1. The Morgan fingerprint density at radius 2 is 1.76 bits per heavy atom. The molecule has 0 spiro atoms. The van der Waals surface area contributed by atoms with Gasteiger partial charge in [-0.15, -0.1) is 0 Å². The minimum atomic E-state index is -0.379. The van der Waals surface area contributed by atoms with Crippen molar-refractivity contribution in [3.05, 3.63) is 30.3 Å². The molecule has 1 aliphatic carbocycles. The Morgan fingerprint density at radius 3 is 2.43 bits per heavy atom. The van der Waals surface area contributed by atoms with E-state index in [2.05, 4.69) is 44.8 Å². The summed E-state index contributed by atoms with van der Waals surface area (Å²) in [7, 11) is 0. The summed E-state index contributed by atoms with van der Waals surface area (Å²) in [5.41, 5.74) is 0.311. The van der Waals surface area contributed by atoms with Crippen molar-refractivity contribution in [2.45, 2.75) is 57.2 Å². The van der Waals surface area contributed by atoms with E-state index in [0.717, 1.165) is 18.5 Å². The summed E-state index contributed by atoms with van der Waals surface area (Å²) in [6.07, 6.45) is 1.83. The molecule has 4 nitrogen and oxygen atoms in total. The van der Waals surface area contributed by atoms with Gasteiger partial charge in [0.25, 0.3) is 0 Å². The van der Waals surface area contributed by atoms with Crippen molar-refractivity contribution in [2.75, 3.05) is 5.01 Å². The molecule has 1 amide bonds. The van der Waals surface area contributed by atoms with Gasteiger partial charge in [0, 0.05) is 5.92 Å². The van der Waals surface area contributed by atoms with Gasteiger partial charge in [-0.3, -0.25) is 5.01 Å². The number of carbonyl (C=O) groups is 1. The molecule has 0 bridgehead atoms. The van der Waals surface area contributed by atoms with Gasteiger partial charge in [-0.2, -0.15) is 0 Å². The number of carbonyl (C=O) groups excluding carboxylic acids is 1. The number of hydrogen-bond acceptors (Lipinski definition) is 3. The molecule has 4 rings (SSSR count). The van der Waals surface area contributed by atoms with Crippen LogP contribution in [0.25, 0.3) is 0 Å². The lowest BCUT2D eigenvalue weighted by Gasteiger charge is -2.39. The molecular formula is C17H22N2O2. The molecule has 21 heavy (non-hydrogen) atoms. The van der Waals surface area contributed by atoms with Crippen LogP contribution in [0.1, 0.15) is 40.5 Å². The summed E-state index contributed by atoms with van der Waals surface area (Å²) in [5.74, 6) is 0.404. The Kier molecular flexibility index (Phi) is 2.19. The number of anilines is 1. The monoisotopic (exact) mass is 286 g/mol. The fourth-order valence-electron chi connectivity index (χ4n) is 5.03.